The van der Waals surface area contributed by atoms with Crippen LogP contribution in [0.15, 0.2) is 0 Å². The molecule has 0 aromatic heterocycles. The molecule has 0 heterocycles. The Labute approximate surface area is 419 Å². The van der Waals surface area contributed by atoms with E-state index in [-0.39, 0.29) is 17.7 Å². The van der Waals surface area contributed by atoms with E-state index in [1.807, 2.05) is 4.90 Å². The molecule has 0 atom stereocenters. The van der Waals surface area contributed by atoms with E-state index in [1.54, 1.807) is 0 Å². The van der Waals surface area contributed by atoms with Crippen molar-refractivity contribution in [2.45, 2.75) is 329 Å². The number of carbonyl (C=O) groups excluding carboxylic acids is 3. The maximum Gasteiger partial charge on any atom is 0.222 e. The quantitative estimate of drug-likeness (QED) is 0.0530. The topological polar surface area (TPSA) is 90.5 Å². The van der Waals surface area contributed by atoms with Crippen LogP contribution in [-0.4, -0.2) is 61.9 Å². The van der Waals surface area contributed by atoms with E-state index >= 15 is 0 Å². The molecule has 0 fully saturated rings. The number of rotatable bonds is 57. The van der Waals surface area contributed by atoms with Gasteiger partial charge >= 0.3 is 0 Å². The van der Waals surface area contributed by atoms with E-state index in [0.717, 1.165) is 38.5 Å². The largest absolute Gasteiger partial charge is 0.355 e. The third-order valence-electron chi connectivity index (χ3n) is 14.2. The summed E-state index contributed by atoms with van der Waals surface area (Å²) in [7, 11) is 0. The minimum atomic E-state index is 0.114. The van der Waals surface area contributed by atoms with Gasteiger partial charge in [-0.05, 0) is 19.3 Å². The van der Waals surface area contributed by atoms with Crippen LogP contribution in [-0.2, 0) is 14.4 Å². The van der Waals surface area contributed by atoms with Crippen molar-refractivity contribution in [2.75, 3.05) is 39.3 Å². The van der Waals surface area contributed by atoms with E-state index in [4.69, 9.17) is 0 Å². The minimum absolute atomic E-state index is 0.114. The zero-order valence-corrected chi connectivity index (χ0v) is 45.9. The van der Waals surface area contributed by atoms with Crippen molar-refractivity contribution in [1.82, 2.24) is 20.9 Å². The summed E-state index contributed by atoms with van der Waals surface area (Å²) in [5.74, 6) is 0.463. The second-order valence-electron chi connectivity index (χ2n) is 20.9. The van der Waals surface area contributed by atoms with Gasteiger partial charge in [0, 0.05) is 58.5 Å². The van der Waals surface area contributed by atoms with Crippen LogP contribution in [0.4, 0.5) is 0 Å². The third kappa shape index (κ3) is 53.6. The second kappa shape index (κ2) is 57.0. The summed E-state index contributed by atoms with van der Waals surface area (Å²) in [6, 6.07) is 0. The molecule has 7 heteroatoms. The number of hydrogen-bond acceptors (Lipinski definition) is 4. The van der Waals surface area contributed by atoms with Gasteiger partial charge in [0.15, 0.2) is 0 Å². The fraction of sp³-hybridized carbons (Fsp3) is 0.950. The smallest absolute Gasteiger partial charge is 0.222 e. The molecule has 0 aliphatic rings. The summed E-state index contributed by atoms with van der Waals surface area (Å²) in [6.07, 6.45) is 61.4. The highest BCUT2D eigenvalue weighted by Crippen LogP contribution is 2.17. The summed E-state index contributed by atoms with van der Waals surface area (Å²) >= 11 is 0. The summed E-state index contributed by atoms with van der Waals surface area (Å²) in [5, 5.41) is 9.63. The van der Waals surface area contributed by atoms with Crippen molar-refractivity contribution in [3.8, 4) is 0 Å². The lowest BCUT2D eigenvalue weighted by Crippen LogP contribution is -2.42. The Morgan fingerprint density at radius 2 is 0.507 bits per heavy atom. The number of unbranched alkanes of at least 4 members (excludes halogenated alkanes) is 42. The van der Waals surface area contributed by atoms with Crippen molar-refractivity contribution in [3.05, 3.63) is 0 Å². The Morgan fingerprint density at radius 1 is 0.269 bits per heavy atom. The molecule has 0 aromatic carbocycles. The van der Waals surface area contributed by atoms with Crippen molar-refractivity contribution in [1.29, 1.82) is 0 Å². The maximum absolute atomic E-state index is 13.4. The zero-order valence-electron chi connectivity index (χ0n) is 45.9. The molecule has 0 bridgehead atoms. The molecule has 0 saturated carbocycles. The van der Waals surface area contributed by atoms with Gasteiger partial charge in [0.2, 0.25) is 17.7 Å². The number of nitrogens with zero attached hydrogens (tertiary/aromatic N) is 1. The lowest BCUT2D eigenvalue weighted by Gasteiger charge is -2.23. The lowest BCUT2D eigenvalue weighted by molar-refractivity contribution is -0.131. The average molecular weight is 946 g/mol. The summed E-state index contributed by atoms with van der Waals surface area (Å²) in [6.45, 7) is 10.5. The molecule has 0 aliphatic heterocycles. The molecule has 0 rings (SSSR count). The minimum Gasteiger partial charge on any atom is -0.355 e. The van der Waals surface area contributed by atoms with Gasteiger partial charge < -0.3 is 20.9 Å². The van der Waals surface area contributed by atoms with E-state index in [2.05, 4.69) is 36.7 Å². The van der Waals surface area contributed by atoms with Gasteiger partial charge in [0.05, 0.1) is 0 Å². The van der Waals surface area contributed by atoms with E-state index in [1.165, 1.54) is 250 Å². The van der Waals surface area contributed by atoms with Crippen LogP contribution < -0.4 is 16.0 Å². The van der Waals surface area contributed by atoms with Gasteiger partial charge in [0.1, 0.15) is 0 Å². The Kier molecular flexibility index (Phi) is 55.6. The van der Waals surface area contributed by atoms with E-state index < -0.39 is 0 Å². The predicted octanol–water partition coefficient (Wildman–Crippen LogP) is 17.4. The normalized spacial score (nSPS) is 11.4. The fourth-order valence-corrected chi connectivity index (χ4v) is 9.62. The van der Waals surface area contributed by atoms with Gasteiger partial charge in [-0.1, -0.05) is 290 Å². The molecular formula is C60H120N4O3. The molecule has 0 radical (unpaired) electrons. The first-order chi connectivity index (χ1) is 33.0. The van der Waals surface area contributed by atoms with Crippen LogP contribution in [0.3, 0.4) is 0 Å². The molecule has 0 aromatic rings. The standard InChI is InChI=1S/C60H120N4O3/c1-4-7-10-13-16-19-22-25-28-31-34-37-40-43-46-49-58(65)62-53-52-61-54-56-64(60(67)51-48-45-42-39-36-33-30-27-24-21-18-15-12-9-6-3)57-55-63-59(66)50-47-44-41-38-35-32-29-26-23-20-17-14-11-8-5-2/h61H,4-57H2,1-3H3,(H,62,65)(H,63,66). The van der Waals surface area contributed by atoms with Crippen LogP contribution in [0.1, 0.15) is 329 Å². The first kappa shape index (κ1) is 65.4. The van der Waals surface area contributed by atoms with Crippen LogP contribution in [0.5, 0.6) is 0 Å². The lowest BCUT2D eigenvalue weighted by atomic mass is 10.0. The van der Waals surface area contributed by atoms with Crippen LogP contribution >= 0.6 is 0 Å². The molecule has 3 amide bonds. The highest BCUT2D eigenvalue weighted by Gasteiger charge is 2.14. The van der Waals surface area contributed by atoms with Crippen LogP contribution in [0.2, 0.25) is 0 Å². The SMILES string of the molecule is CCCCCCCCCCCCCCCCCC(=O)NCCNCCN(CCNC(=O)CCCCCCCCCCCCCCCCC)C(=O)CCCCCCCCCCCCCCCCC. The van der Waals surface area contributed by atoms with Gasteiger partial charge in [-0.15, -0.1) is 0 Å². The molecule has 67 heavy (non-hydrogen) atoms. The summed E-state index contributed by atoms with van der Waals surface area (Å²) < 4.78 is 0. The predicted molar refractivity (Wildman–Crippen MR) is 294 cm³/mol. The number of carbonyl (C=O) groups is 3. The molecular weight excluding hydrogens is 825 g/mol. The molecule has 0 spiro atoms. The number of amides is 3. The molecule has 0 saturated heterocycles. The van der Waals surface area contributed by atoms with Gasteiger partial charge in [-0.2, -0.15) is 0 Å². The Hall–Kier alpha value is -1.63. The molecule has 3 N–H and O–H groups in total. The van der Waals surface area contributed by atoms with Gasteiger partial charge in [-0.25, -0.2) is 0 Å². The first-order valence-electron chi connectivity index (χ1n) is 30.6. The van der Waals surface area contributed by atoms with E-state index in [9.17, 15) is 14.4 Å². The summed E-state index contributed by atoms with van der Waals surface area (Å²) in [4.78, 5) is 40.5. The van der Waals surface area contributed by atoms with Crippen LogP contribution in [0, 0.1) is 0 Å². The van der Waals surface area contributed by atoms with E-state index in [0.29, 0.717) is 58.5 Å². The molecule has 0 aliphatic carbocycles. The fourth-order valence-electron chi connectivity index (χ4n) is 9.62. The van der Waals surface area contributed by atoms with Crippen LogP contribution in [0.25, 0.3) is 0 Å². The zero-order chi connectivity index (χ0) is 48.6. The van der Waals surface area contributed by atoms with Crippen molar-refractivity contribution in [3.63, 3.8) is 0 Å². The van der Waals surface area contributed by atoms with Gasteiger partial charge in [-0.3, -0.25) is 14.4 Å². The maximum atomic E-state index is 13.4. The third-order valence-corrected chi connectivity index (χ3v) is 14.2. The van der Waals surface area contributed by atoms with Crippen molar-refractivity contribution >= 4 is 17.7 Å². The monoisotopic (exact) mass is 945 g/mol. The second-order valence-corrected chi connectivity index (χ2v) is 20.9. The Balaban J connectivity index is 4.24. The first-order valence-corrected chi connectivity index (χ1v) is 30.6. The average Bonchev–Trinajstić information content (AvgIpc) is 3.33. The molecule has 0 unspecified atom stereocenters. The number of nitrogens with one attached hydrogen (secondary N) is 3. The Bertz CT molecular complexity index is 1010. The summed E-state index contributed by atoms with van der Waals surface area (Å²) in [5.41, 5.74) is 0. The Morgan fingerprint density at radius 3 is 0.806 bits per heavy atom. The highest BCUT2D eigenvalue weighted by molar-refractivity contribution is 5.77. The molecule has 7 nitrogen and oxygen atoms in total. The molecule has 398 valence electrons. The van der Waals surface area contributed by atoms with Crippen molar-refractivity contribution in [2.24, 2.45) is 0 Å². The van der Waals surface area contributed by atoms with Crippen molar-refractivity contribution < 1.29 is 14.4 Å². The highest BCUT2D eigenvalue weighted by atomic mass is 16.2. The number of hydrogen-bond donors (Lipinski definition) is 3. The van der Waals surface area contributed by atoms with Gasteiger partial charge in [0.25, 0.3) is 0 Å².